The van der Waals surface area contributed by atoms with Crippen molar-refractivity contribution in [3.63, 3.8) is 0 Å². The van der Waals surface area contributed by atoms with Crippen molar-refractivity contribution in [2.24, 2.45) is 0 Å². The molecule has 0 bridgehead atoms. The van der Waals surface area contributed by atoms with Crippen LogP contribution in [0, 0.1) is 0 Å². The quantitative estimate of drug-likeness (QED) is 0.0942. The molecule has 0 amide bonds. The van der Waals surface area contributed by atoms with Gasteiger partial charge in [-0.05, 0) is 0 Å². The van der Waals surface area contributed by atoms with E-state index in [2.05, 4.69) is 205 Å². The molecular formula is C54H31Ge2. The molecule has 11 aromatic carbocycles. The Morgan fingerprint density at radius 3 is 1.57 bits per heavy atom. The van der Waals surface area contributed by atoms with Gasteiger partial charge in [-0.25, -0.2) is 0 Å². The second-order valence-electron chi connectivity index (χ2n) is 15.0. The van der Waals surface area contributed by atoms with Gasteiger partial charge in [0.1, 0.15) is 0 Å². The molecule has 0 spiro atoms. The van der Waals surface area contributed by atoms with E-state index in [1.807, 2.05) is 0 Å². The van der Waals surface area contributed by atoms with Gasteiger partial charge in [0, 0.05) is 0 Å². The third-order valence-electron chi connectivity index (χ3n) is 12.1. The number of rotatable bonds is 4. The van der Waals surface area contributed by atoms with Crippen molar-refractivity contribution in [2.75, 3.05) is 0 Å². The molecule has 11 aromatic rings. The van der Waals surface area contributed by atoms with Crippen LogP contribution >= 0.6 is 0 Å². The maximum atomic E-state index is 2.52. The molecule has 0 aromatic heterocycles. The van der Waals surface area contributed by atoms with E-state index in [-0.39, 0.29) is 0 Å². The molecule has 0 N–H and O–H groups in total. The van der Waals surface area contributed by atoms with E-state index in [0.717, 1.165) is 0 Å². The number of hydrogen-bond donors (Lipinski definition) is 0. The summed E-state index contributed by atoms with van der Waals surface area (Å²) in [7, 11) is 0. The average Bonchev–Trinajstić information content (AvgIpc) is 3.64. The van der Waals surface area contributed by atoms with Gasteiger partial charge in [-0.2, -0.15) is 0 Å². The van der Waals surface area contributed by atoms with E-state index in [9.17, 15) is 0 Å². The fourth-order valence-electron chi connectivity index (χ4n) is 9.69. The SMILES string of the molecule is [Ge][c]1ccccc1-c1ccccc1-c1cccc2c(-c3cc4cccc5ccc6cccc3c6c54)c3cccc(-c4ccc[c]5c4-c4cccc[c]4[Ge]5)c3cc12. The number of benzene rings is 11. The van der Waals surface area contributed by atoms with Gasteiger partial charge in [0.25, 0.3) is 0 Å². The summed E-state index contributed by atoms with van der Waals surface area (Å²) >= 11 is 1.83. The van der Waals surface area contributed by atoms with Crippen molar-refractivity contribution < 1.29 is 0 Å². The third kappa shape index (κ3) is 4.73. The molecule has 0 nitrogen and oxygen atoms in total. The van der Waals surface area contributed by atoms with Crippen LogP contribution in [-0.2, 0) is 0 Å². The molecule has 56 heavy (non-hydrogen) atoms. The Morgan fingerprint density at radius 2 is 0.804 bits per heavy atom. The van der Waals surface area contributed by atoms with Crippen LogP contribution in [-0.4, -0.2) is 31.9 Å². The Morgan fingerprint density at radius 1 is 0.286 bits per heavy atom. The van der Waals surface area contributed by atoms with Crippen molar-refractivity contribution in [1.82, 2.24) is 0 Å². The molecule has 0 atom stereocenters. The summed E-state index contributed by atoms with van der Waals surface area (Å²) in [6, 6.07) is 71.1. The van der Waals surface area contributed by atoms with Gasteiger partial charge in [-0.15, -0.1) is 0 Å². The van der Waals surface area contributed by atoms with Gasteiger partial charge in [-0.1, -0.05) is 12.1 Å². The molecule has 255 valence electrons. The summed E-state index contributed by atoms with van der Waals surface area (Å²) in [5, 5.41) is 13.0. The predicted molar refractivity (Wildman–Crippen MR) is 243 cm³/mol. The number of fused-ring (bicyclic) bond motifs is 5. The van der Waals surface area contributed by atoms with Gasteiger partial charge in [-0.3, -0.25) is 0 Å². The first-order valence-corrected chi connectivity index (χ1v) is 22.4. The van der Waals surface area contributed by atoms with Crippen molar-refractivity contribution in [1.29, 1.82) is 0 Å². The number of hydrogen-bond acceptors (Lipinski definition) is 0. The summed E-state index contributed by atoms with van der Waals surface area (Å²) in [6.07, 6.45) is 0. The van der Waals surface area contributed by atoms with E-state index in [1.54, 1.807) is 0 Å². The standard InChI is InChI=1S/C54H31Ge2/c55-48-25-5-3-17-39(48)36-16-2-1-15-35(36)37-19-9-22-41-45(37)31-46-38(40-24-11-27-50-54(40)44-18-4-6-26-49(44)56-50)20-10-23-42(46)53(41)47-30-34-14-7-12-32-28-29-33-13-8-21-43(47)52(33)51(32)34/h1-31H. The summed E-state index contributed by atoms with van der Waals surface area (Å²) in [4.78, 5) is 0. The molecular weight excluding hydrogens is 794 g/mol. The predicted octanol–water partition coefficient (Wildman–Crippen LogP) is 12.0. The van der Waals surface area contributed by atoms with E-state index < -0.39 is 15.4 Å². The first-order chi connectivity index (χ1) is 27.7. The topological polar surface area (TPSA) is 0 Å². The molecule has 1 aliphatic rings. The van der Waals surface area contributed by atoms with Gasteiger partial charge in [0.15, 0.2) is 0 Å². The summed E-state index contributed by atoms with van der Waals surface area (Å²) in [5.74, 6) is 0. The molecule has 2 heteroatoms. The van der Waals surface area contributed by atoms with E-state index in [1.165, 1.54) is 123 Å². The Bertz CT molecular complexity index is 3410. The van der Waals surface area contributed by atoms with Gasteiger partial charge >= 0.3 is 331 Å². The molecule has 0 fully saturated rings. The summed E-state index contributed by atoms with van der Waals surface area (Å²) in [5.41, 5.74) is 13.1. The second-order valence-corrected chi connectivity index (χ2v) is 18.9. The molecule has 5 radical (unpaired) electrons. The van der Waals surface area contributed by atoms with Crippen LogP contribution in [0.15, 0.2) is 188 Å². The molecule has 1 aliphatic heterocycles. The Kier molecular flexibility index (Phi) is 7.24. The van der Waals surface area contributed by atoms with Gasteiger partial charge in [0.2, 0.25) is 0 Å². The summed E-state index contributed by atoms with van der Waals surface area (Å²) < 4.78 is 4.34. The van der Waals surface area contributed by atoms with Crippen LogP contribution in [0.4, 0.5) is 0 Å². The average molecular weight is 825 g/mol. The van der Waals surface area contributed by atoms with Crippen molar-refractivity contribution in [3.05, 3.63) is 188 Å². The molecule has 1 heterocycles. The molecule has 0 unspecified atom stereocenters. The van der Waals surface area contributed by atoms with Crippen molar-refractivity contribution >= 4 is 99.0 Å². The Labute approximate surface area is 340 Å². The van der Waals surface area contributed by atoms with E-state index in [0.29, 0.717) is 0 Å². The van der Waals surface area contributed by atoms with Gasteiger partial charge in [0.05, 0.1) is 0 Å². The van der Waals surface area contributed by atoms with Crippen LogP contribution in [0.5, 0.6) is 0 Å². The second kappa shape index (κ2) is 12.5. The first kappa shape index (κ1) is 32.3. The van der Waals surface area contributed by atoms with Crippen molar-refractivity contribution in [3.8, 4) is 55.6 Å². The van der Waals surface area contributed by atoms with Crippen LogP contribution in [0.1, 0.15) is 0 Å². The monoisotopic (exact) mass is 827 g/mol. The molecule has 0 saturated heterocycles. The van der Waals surface area contributed by atoms with Crippen LogP contribution in [0.2, 0.25) is 0 Å². The fraction of sp³-hybridized carbons (Fsp3) is 0. The first-order valence-electron chi connectivity index (χ1n) is 19.3. The van der Waals surface area contributed by atoms with Crippen molar-refractivity contribution in [2.45, 2.75) is 0 Å². The Balaban J connectivity index is 1.25. The third-order valence-corrected chi connectivity index (χ3v) is 15.9. The van der Waals surface area contributed by atoms with Crippen LogP contribution < -0.4 is 13.2 Å². The maximum absolute atomic E-state index is 2.52. The zero-order valence-electron chi connectivity index (χ0n) is 30.4. The summed E-state index contributed by atoms with van der Waals surface area (Å²) in [6.45, 7) is 0. The molecule has 0 saturated carbocycles. The zero-order valence-corrected chi connectivity index (χ0v) is 34.6. The minimum atomic E-state index is -0.395. The zero-order chi connectivity index (χ0) is 36.9. The van der Waals surface area contributed by atoms with Crippen LogP contribution in [0.25, 0.3) is 109 Å². The minimum absolute atomic E-state index is 0.395. The van der Waals surface area contributed by atoms with Crippen LogP contribution in [0.3, 0.4) is 0 Å². The molecule has 0 aliphatic carbocycles. The Hall–Kier alpha value is -5.93. The normalized spacial score (nSPS) is 12.3. The van der Waals surface area contributed by atoms with E-state index >= 15 is 0 Å². The van der Waals surface area contributed by atoms with E-state index in [4.69, 9.17) is 0 Å². The van der Waals surface area contributed by atoms with Gasteiger partial charge < -0.3 is 0 Å². The fourth-order valence-corrected chi connectivity index (χ4v) is 13.3. The molecule has 12 rings (SSSR count).